The Kier molecular flexibility index (Phi) is 5.27. The predicted octanol–water partition coefficient (Wildman–Crippen LogP) is 2.25. The van der Waals surface area contributed by atoms with E-state index in [1.807, 2.05) is 13.8 Å². The quantitative estimate of drug-likeness (QED) is 0.827. The molecule has 102 valence electrons. The highest BCUT2D eigenvalue weighted by Gasteiger charge is 2.10. The number of hydrogen-bond acceptors (Lipinski definition) is 4. The molecule has 5 nitrogen and oxygen atoms in total. The van der Waals surface area contributed by atoms with Crippen molar-refractivity contribution in [2.45, 2.75) is 20.8 Å². The van der Waals surface area contributed by atoms with E-state index in [0.717, 1.165) is 0 Å². The molecular formula is C12H19NO4S. The average Bonchev–Trinajstić information content (AvgIpc) is 2.33. The Bertz CT molecular complexity index is 485. The van der Waals surface area contributed by atoms with Crippen LogP contribution in [0.25, 0.3) is 0 Å². The highest BCUT2D eigenvalue weighted by molar-refractivity contribution is 7.92. The van der Waals surface area contributed by atoms with Gasteiger partial charge in [-0.15, -0.1) is 0 Å². The van der Waals surface area contributed by atoms with Gasteiger partial charge in [0.25, 0.3) is 0 Å². The lowest BCUT2D eigenvalue weighted by atomic mass is 10.3. The zero-order valence-corrected chi connectivity index (χ0v) is 11.7. The first-order valence-corrected chi connectivity index (χ1v) is 7.57. The molecule has 0 saturated heterocycles. The number of ether oxygens (including phenoxy) is 2. The van der Waals surface area contributed by atoms with Crippen molar-refractivity contribution in [3.8, 4) is 11.5 Å². The minimum atomic E-state index is -3.28. The van der Waals surface area contributed by atoms with Crippen molar-refractivity contribution >= 4 is 15.7 Å². The number of nitrogens with one attached hydrogen (secondary N) is 1. The first kappa shape index (κ1) is 14.6. The largest absolute Gasteiger partial charge is 0.490 e. The van der Waals surface area contributed by atoms with Crippen LogP contribution in [-0.2, 0) is 10.0 Å². The third-order valence-corrected chi connectivity index (χ3v) is 3.50. The van der Waals surface area contributed by atoms with Gasteiger partial charge in [0.2, 0.25) is 10.0 Å². The van der Waals surface area contributed by atoms with Crippen LogP contribution in [0, 0.1) is 0 Å². The van der Waals surface area contributed by atoms with Gasteiger partial charge in [-0.3, -0.25) is 4.72 Å². The maximum absolute atomic E-state index is 11.5. The minimum Gasteiger partial charge on any atom is -0.490 e. The maximum atomic E-state index is 11.5. The SMILES string of the molecule is CCOc1ccc(NS(=O)(=O)CC)cc1OCC. The number of hydrogen-bond donors (Lipinski definition) is 1. The van der Waals surface area contributed by atoms with E-state index in [9.17, 15) is 8.42 Å². The zero-order valence-electron chi connectivity index (χ0n) is 10.9. The Balaban J connectivity index is 2.99. The van der Waals surface area contributed by atoms with Gasteiger partial charge in [0.05, 0.1) is 24.7 Å². The Hall–Kier alpha value is -1.43. The van der Waals surface area contributed by atoms with Crippen molar-refractivity contribution in [2.24, 2.45) is 0 Å². The highest BCUT2D eigenvalue weighted by atomic mass is 32.2. The van der Waals surface area contributed by atoms with Gasteiger partial charge in [-0.2, -0.15) is 0 Å². The van der Waals surface area contributed by atoms with E-state index >= 15 is 0 Å². The first-order chi connectivity index (χ1) is 8.52. The topological polar surface area (TPSA) is 64.6 Å². The van der Waals surface area contributed by atoms with Gasteiger partial charge >= 0.3 is 0 Å². The second kappa shape index (κ2) is 6.49. The standard InChI is InChI=1S/C12H19NO4S/c1-4-16-11-8-7-10(9-12(11)17-5-2)13-18(14,15)6-3/h7-9,13H,4-6H2,1-3H3. The fourth-order valence-corrected chi connectivity index (χ4v) is 2.00. The molecule has 0 spiro atoms. The number of anilines is 1. The van der Waals surface area contributed by atoms with Crippen LogP contribution in [0.1, 0.15) is 20.8 Å². The molecule has 0 fully saturated rings. The summed E-state index contributed by atoms with van der Waals surface area (Å²) in [4.78, 5) is 0. The van der Waals surface area contributed by atoms with E-state index in [1.54, 1.807) is 25.1 Å². The van der Waals surface area contributed by atoms with Gasteiger partial charge in [0.1, 0.15) is 0 Å². The molecule has 0 amide bonds. The van der Waals surface area contributed by atoms with Gasteiger partial charge < -0.3 is 9.47 Å². The predicted molar refractivity (Wildman–Crippen MR) is 71.9 cm³/mol. The lowest BCUT2D eigenvalue weighted by molar-refractivity contribution is 0.288. The van der Waals surface area contributed by atoms with Crippen LogP contribution in [0.4, 0.5) is 5.69 Å². The summed E-state index contributed by atoms with van der Waals surface area (Å²) >= 11 is 0. The normalized spacial score (nSPS) is 11.1. The molecule has 0 aliphatic rings. The summed E-state index contributed by atoms with van der Waals surface area (Å²) in [5, 5.41) is 0. The molecule has 0 saturated carbocycles. The summed E-state index contributed by atoms with van der Waals surface area (Å²) in [5.74, 6) is 1.18. The molecule has 1 aromatic carbocycles. The van der Waals surface area contributed by atoms with Crippen molar-refractivity contribution in [1.82, 2.24) is 0 Å². The van der Waals surface area contributed by atoms with E-state index in [0.29, 0.717) is 30.4 Å². The summed E-state index contributed by atoms with van der Waals surface area (Å²) in [6.07, 6.45) is 0. The van der Waals surface area contributed by atoms with Crippen LogP contribution in [0.5, 0.6) is 11.5 Å². The molecule has 1 rings (SSSR count). The van der Waals surface area contributed by atoms with Crippen molar-refractivity contribution in [3.63, 3.8) is 0 Å². The fourth-order valence-electron chi connectivity index (χ4n) is 1.37. The lowest BCUT2D eigenvalue weighted by Gasteiger charge is -2.13. The summed E-state index contributed by atoms with van der Waals surface area (Å²) in [6, 6.07) is 4.98. The monoisotopic (exact) mass is 273 g/mol. The third kappa shape index (κ3) is 4.10. The van der Waals surface area contributed by atoms with Crippen molar-refractivity contribution in [1.29, 1.82) is 0 Å². The number of benzene rings is 1. The van der Waals surface area contributed by atoms with E-state index in [-0.39, 0.29) is 5.75 Å². The second-order valence-electron chi connectivity index (χ2n) is 3.53. The van der Waals surface area contributed by atoms with Crippen LogP contribution in [0.3, 0.4) is 0 Å². The van der Waals surface area contributed by atoms with Gasteiger partial charge in [-0.25, -0.2) is 8.42 Å². The average molecular weight is 273 g/mol. The van der Waals surface area contributed by atoms with Crippen molar-refractivity contribution in [3.05, 3.63) is 18.2 Å². The zero-order chi connectivity index (χ0) is 13.6. The first-order valence-electron chi connectivity index (χ1n) is 5.92. The molecule has 1 aromatic rings. The Labute approximate surface area is 108 Å². The van der Waals surface area contributed by atoms with Crippen LogP contribution < -0.4 is 14.2 Å². The molecule has 0 atom stereocenters. The highest BCUT2D eigenvalue weighted by Crippen LogP contribution is 2.30. The molecule has 18 heavy (non-hydrogen) atoms. The van der Waals surface area contributed by atoms with Crippen molar-refractivity contribution in [2.75, 3.05) is 23.7 Å². The van der Waals surface area contributed by atoms with Crippen LogP contribution in [0.2, 0.25) is 0 Å². The van der Waals surface area contributed by atoms with Gasteiger partial charge in [0, 0.05) is 6.07 Å². The summed E-state index contributed by atoms with van der Waals surface area (Å²) in [6.45, 7) is 6.34. The van der Waals surface area contributed by atoms with Gasteiger partial charge in [-0.05, 0) is 32.9 Å². The minimum absolute atomic E-state index is 0.0319. The smallest absolute Gasteiger partial charge is 0.232 e. The molecule has 6 heteroatoms. The van der Waals surface area contributed by atoms with E-state index in [2.05, 4.69) is 4.72 Å². The maximum Gasteiger partial charge on any atom is 0.232 e. The summed E-state index contributed by atoms with van der Waals surface area (Å²) < 4.78 is 36.2. The van der Waals surface area contributed by atoms with E-state index < -0.39 is 10.0 Å². The summed E-state index contributed by atoms with van der Waals surface area (Å²) in [5.41, 5.74) is 0.476. The second-order valence-corrected chi connectivity index (χ2v) is 5.54. The Morgan fingerprint density at radius 2 is 1.67 bits per heavy atom. The molecule has 0 bridgehead atoms. The van der Waals surface area contributed by atoms with Crippen LogP contribution in [-0.4, -0.2) is 27.4 Å². The summed E-state index contributed by atoms with van der Waals surface area (Å²) in [7, 11) is -3.28. The van der Waals surface area contributed by atoms with Gasteiger partial charge in [-0.1, -0.05) is 0 Å². The van der Waals surface area contributed by atoms with Crippen LogP contribution in [0.15, 0.2) is 18.2 Å². The molecule has 0 aliphatic carbocycles. The molecule has 1 N–H and O–H groups in total. The molecule has 0 aliphatic heterocycles. The van der Waals surface area contributed by atoms with Crippen LogP contribution >= 0.6 is 0 Å². The molecule has 0 heterocycles. The van der Waals surface area contributed by atoms with E-state index in [4.69, 9.17) is 9.47 Å². The molecule has 0 unspecified atom stereocenters. The van der Waals surface area contributed by atoms with Crippen molar-refractivity contribution < 1.29 is 17.9 Å². The Morgan fingerprint density at radius 3 is 2.22 bits per heavy atom. The van der Waals surface area contributed by atoms with Gasteiger partial charge in [0.15, 0.2) is 11.5 Å². The molecular weight excluding hydrogens is 254 g/mol. The molecule has 0 radical (unpaired) electrons. The number of sulfonamides is 1. The Morgan fingerprint density at radius 1 is 1.06 bits per heavy atom. The molecule has 0 aromatic heterocycles. The fraction of sp³-hybridized carbons (Fsp3) is 0.500. The number of rotatable bonds is 7. The lowest BCUT2D eigenvalue weighted by Crippen LogP contribution is -2.14. The van der Waals surface area contributed by atoms with E-state index in [1.165, 1.54) is 0 Å². The third-order valence-electron chi connectivity index (χ3n) is 2.20.